The highest BCUT2D eigenvalue weighted by Gasteiger charge is 2.29. The zero-order chi connectivity index (χ0) is 15.0. The Bertz CT molecular complexity index is 588. The molecule has 0 spiro atoms. The Balaban J connectivity index is 1.76. The second-order valence-corrected chi connectivity index (χ2v) is 5.66. The number of nitrogens with zero attached hydrogens (tertiary/aromatic N) is 1. The fourth-order valence-electron chi connectivity index (χ4n) is 2.97. The van der Waals surface area contributed by atoms with E-state index in [0.29, 0.717) is 18.7 Å². The molecule has 1 aromatic carbocycles. The molecule has 0 bridgehead atoms. The minimum absolute atomic E-state index is 0.0900. The Morgan fingerprint density at radius 1 is 1.24 bits per heavy atom. The lowest BCUT2D eigenvalue weighted by Gasteiger charge is -2.31. The van der Waals surface area contributed by atoms with Crippen LogP contribution in [0.1, 0.15) is 21.5 Å². The summed E-state index contributed by atoms with van der Waals surface area (Å²) in [4.78, 5) is 25.4. The van der Waals surface area contributed by atoms with Crippen molar-refractivity contribution in [2.24, 2.45) is 11.5 Å². The molecule has 2 atom stereocenters. The number of carbonyl (C=O) groups is 2. The van der Waals surface area contributed by atoms with Crippen molar-refractivity contribution in [2.45, 2.75) is 25.0 Å². The number of benzene rings is 1. The van der Waals surface area contributed by atoms with Gasteiger partial charge in [-0.25, -0.2) is 0 Å². The number of amides is 2. The van der Waals surface area contributed by atoms with E-state index in [1.807, 2.05) is 18.2 Å². The smallest absolute Gasteiger partial charge is 0.254 e. The zero-order valence-electron chi connectivity index (χ0n) is 11.7. The van der Waals surface area contributed by atoms with Crippen LogP contribution in [0.15, 0.2) is 18.2 Å². The van der Waals surface area contributed by atoms with E-state index in [1.165, 1.54) is 5.56 Å². The summed E-state index contributed by atoms with van der Waals surface area (Å²) < 4.78 is 5.26. The fraction of sp³-hybridized carbons (Fsp3) is 0.467. The van der Waals surface area contributed by atoms with Crippen molar-refractivity contribution in [1.82, 2.24) is 4.90 Å². The molecule has 2 amide bonds. The van der Waals surface area contributed by atoms with Gasteiger partial charge < -0.3 is 21.1 Å². The maximum absolute atomic E-state index is 12.5. The van der Waals surface area contributed by atoms with Gasteiger partial charge in [-0.05, 0) is 36.1 Å². The van der Waals surface area contributed by atoms with Gasteiger partial charge in [0.15, 0.2) is 6.10 Å². The summed E-state index contributed by atoms with van der Waals surface area (Å²) in [6.45, 7) is 1.01. The summed E-state index contributed by atoms with van der Waals surface area (Å²) in [5, 5.41) is 0. The van der Waals surface area contributed by atoms with Crippen molar-refractivity contribution in [3.8, 4) is 0 Å². The molecule has 2 aliphatic rings. The average Bonchev–Trinajstić information content (AvgIpc) is 2.85. The number of morpholine rings is 1. The summed E-state index contributed by atoms with van der Waals surface area (Å²) in [6, 6.07) is 5.86. The van der Waals surface area contributed by atoms with Crippen molar-refractivity contribution in [1.29, 1.82) is 0 Å². The van der Waals surface area contributed by atoms with Crippen LogP contribution < -0.4 is 11.5 Å². The molecule has 1 aromatic rings. The van der Waals surface area contributed by atoms with Crippen molar-refractivity contribution in [3.05, 3.63) is 34.9 Å². The molecular weight excluding hydrogens is 270 g/mol. The highest BCUT2D eigenvalue weighted by atomic mass is 16.5. The molecule has 4 N–H and O–H groups in total. The molecule has 1 saturated heterocycles. The van der Waals surface area contributed by atoms with Crippen LogP contribution in [-0.4, -0.2) is 48.6 Å². The molecule has 1 heterocycles. The fourth-order valence-corrected chi connectivity index (χ4v) is 2.97. The van der Waals surface area contributed by atoms with Gasteiger partial charge in [0, 0.05) is 18.2 Å². The second-order valence-electron chi connectivity index (χ2n) is 5.66. The zero-order valence-corrected chi connectivity index (χ0v) is 11.7. The third-order valence-corrected chi connectivity index (χ3v) is 4.09. The van der Waals surface area contributed by atoms with Gasteiger partial charge in [-0.2, -0.15) is 0 Å². The Kier molecular flexibility index (Phi) is 3.65. The van der Waals surface area contributed by atoms with Gasteiger partial charge in [-0.1, -0.05) is 6.07 Å². The van der Waals surface area contributed by atoms with Crippen LogP contribution in [0.5, 0.6) is 0 Å². The van der Waals surface area contributed by atoms with E-state index in [0.717, 1.165) is 18.4 Å². The van der Waals surface area contributed by atoms with Crippen molar-refractivity contribution < 1.29 is 14.3 Å². The van der Waals surface area contributed by atoms with E-state index >= 15 is 0 Å². The number of rotatable bonds is 2. The Labute approximate surface area is 123 Å². The van der Waals surface area contributed by atoms with Gasteiger partial charge >= 0.3 is 0 Å². The standard InChI is InChI=1S/C15H19N3O3/c16-12-6-9-1-2-10(5-11(9)7-12)15(20)18-3-4-21-13(8-18)14(17)19/h1-2,5,12-13H,3-4,6-8,16H2,(H2,17,19). The summed E-state index contributed by atoms with van der Waals surface area (Å²) >= 11 is 0. The number of fused-ring (bicyclic) bond motifs is 1. The maximum Gasteiger partial charge on any atom is 0.254 e. The minimum atomic E-state index is -0.717. The molecule has 112 valence electrons. The van der Waals surface area contributed by atoms with Crippen molar-refractivity contribution in [3.63, 3.8) is 0 Å². The van der Waals surface area contributed by atoms with Crippen LogP contribution in [0.3, 0.4) is 0 Å². The van der Waals surface area contributed by atoms with Crippen LogP contribution in [0.4, 0.5) is 0 Å². The summed E-state index contributed by atoms with van der Waals surface area (Å²) in [7, 11) is 0. The van der Waals surface area contributed by atoms with Crippen LogP contribution in [0.25, 0.3) is 0 Å². The predicted molar refractivity (Wildman–Crippen MR) is 76.7 cm³/mol. The minimum Gasteiger partial charge on any atom is -0.367 e. The molecule has 0 aromatic heterocycles. The molecule has 0 radical (unpaired) electrons. The van der Waals surface area contributed by atoms with Crippen molar-refractivity contribution >= 4 is 11.8 Å². The van der Waals surface area contributed by atoms with Gasteiger partial charge in [0.2, 0.25) is 5.91 Å². The lowest BCUT2D eigenvalue weighted by Crippen LogP contribution is -2.50. The Morgan fingerprint density at radius 3 is 2.76 bits per heavy atom. The second kappa shape index (κ2) is 5.46. The van der Waals surface area contributed by atoms with Gasteiger partial charge in [0.05, 0.1) is 13.2 Å². The van der Waals surface area contributed by atoms with Crippen molar-refractivity contribution in [2.75, 3.05) is 19.7 Å². The third kappa shape index (κ3) is 2.77. The van der Waals surface area contributed by atoms with Gasteiger partial charge in [-0.3, -0.25) is 9.59 Å². The lowest BCUT2D eigenvalue weighted by atomic mass is 10.1. The Hall–Kier alpha value is -1.92. The number of primary amides is 1. The number of hydrogen-bond acceptors (Lipinski definition) is 4. The van der Waals surface area contributed by atoms with Crippen LogP contribution >= 0.6 is 0 Å². The number of nitrogens with two attached hydrogens (primary N) is 2. The topological polar surface area (TPSA) is 98.7 Å². The van der Waals surface area contributed by atoms with Gasteiger partial charge in [0.1, 0.15) is 0 Å². The predicted octanol–water partition coefficient (Wildman–Crippen LogP) is -0.561. The first kappa shape index (κ1) is 14.0. The number of ether oxygens (including phenoxy) is 1. The van der Waals surface area contributed by atoms with Gasteiger partial charge in [-0.15, -0.1) is 0 Å². The highest BCUT2D eigenvalue weighted by molar-refractivity contribution is 5.95. The first-order valence-corrected chi connectivity index (χ1v) is 7.12. The average molecular weight is 289 g/mol. The molecule has 3 rings (SSSR count). The normalized spacial score (nSPS) is 24.7. The molecule has 6 heteroatoms. The summed E-state index contributed by atoms with van der Waals surface area (Å²) in [5.41, 5.74) is 14.2. The van der Waals surface area contributed by atoms with Crippen LogP contribution in [-0.2, 0) is 22.4 Å². The molecule has 21 heavy (non-hydrogen) atoms. The molecule has 1 aliphatic heterocycles. The first-order valence-electron chi connectivity index (χ1n) is 7.12. The highest BCUT2D eigenvalue weighted by Crippen LogP contribution is 2.23. The van der Waals surface area contributed by atoms with Crippen LogP contribution in [0.2, 0.25) is 0 Å². The summed E-state index contributed by atoms with van der Waals surface area (Å²) in [6.07, 6.45) is 0.958. The van der Waals surface area contributed by atoms with E-state index in [-0.39, 0.29) is 18.5 Å². The quantitative estimate of drug-likeness (QED) is 0.762. The molecule has 1 aliphatic carbocycles. The molecule has 0 saturated carbocycles. The van der Waals surface area contributed by atoms with E-state index in [1.54, 1.807) is 4.90 Å². The first-order chi connectivity index (χ1) is 10.0. The largest absolute Gasteiger partial charge is 0.367 e. The van der Waals surface area contributed by atoms with Gasteiger partial charge in [0.25, 0.3) is 5.91 Å². The monoisotopic (exact) mass is 289 g/mol. The van der Waals surface area contributed by atoms with E-state index in [2.05, 4.69) is 0 Å². The third-order valence-electron chi connectivity index (χ3n) is 4.09. The van der Waals surface area contributed by atoms with Crippen LogP contribution in [0, 0.1) is 0 Å². The number of hydrogen-bond donors (Lipinski definition) is 2. The van der Waals surface area contributed by atoms with E-state index in [4.69, 9.17) is 16.2 Å². The van der Waals surface area contributed by atoms with E-state index in [9.17, 15) is 9.59 Å². The molecular formula is C15H19N3O3. The lowest BCUT2D eigenvalue weighted by molar-refractivity contribution is -0.133. The maximum atomic E-state index is 12.5. The SMILES string of the molecule is NC(=O)C1CN(C(=O)c2ccc3c(c2)CC(N)C3)CCO1. The summed E-state index contributed by atoms with van der Waals surface area (Å²) in [5.74, 6) is -0.625. The Morgan fingerprint density at radius 2 is 2.00 bits per heavy atom. The van der Waals surface area contributed by atoms with E-state index < -0.39 is 12.0 Å². The number of carbonyl (C=O) groups excluding carboxylic acids is 2. The molecule has 2 unspecified atom stereocenters. The molecule has 6 nitrogen and oxygen atoms in total. The molecule has 1 fully saturated rings.